The first-order chi connectivity index (χ1) is 12.6. The summed E-state index contributed by atoms with van der Waals surface area (Å²) < 4.78 is 0. The molecule has 0 N–H and O–H groups in total. The highest BCUT2D eigenvalue weighted by Gasteiger charge is 2.55. The Morgan fingerprint density at radius 1 is 1.23 bits per heavy atom. The second-order valence-electron chi connectivity index (χ2n) is 7.56. The van der Waals surface area contributed by atoms with Gasteiger partial charge in [-0.2, -0.15) is 0 Å². The van der Waals surface area contributed by atoms with E-state index in [1.807, 2.05) is 6.08 Å². The molecule has 2 aliphatic heterocycles. The van der Waals surface area contributed by atoms with Crippen molar-refractivity contribution in [2.24, 2.45) is 5.41 Å². The minimum absolute atomic E-state index is 0.0273. The molecule has 0 aromatic carbocycles. The van der Waals surface area contributed by atoms with E-state index in [4.69, 9.17) is 0 Å². The molecule has 0 amide bonds. The van der Waals surface area contributed by atoms with Gasteiger partial charge in [0.05, 0.1) is 11.0 Å². The molecule has 132 valence electrons. The van der Waals surface area contributed by atoms with Crippen molar-refractivity contribution in [3.05, 3.63) is 63.9 Å². The third-order valence-corrected chi connectivity index (χ3v) is 6.39. The Kier molecular flexibility index (Phi) is 3.20. The number of pyridine rings is 1. The SMILES string of the molecule is O=C1C=C[C@H]2N(c3ccc([N+](=O)[O-])cn3)[C@@H]1C1=C(C=CC1)C21CCCC1. The van der Waals surface area contributed by atoms with Crippen LogP contribution in [0, 0.1) is 15.5 Å². The molecule has 6 nitrogen and oxygen atoms in total. The van der Waals surface area contributed by atoms with Gasteiger partial charge >= 0.3 is 0 Å². The molecule has 2 bridgehead atoms. The fourth-order valence-corrected chi connectivity index (χ4v) is 5.37. The number of rotatable bonds is 2. The predicted octanol–water partition coefficient (Wildman–Crippen LogP) is 3.50. The van der Waals surface area contributed by atoms with Crippen molar-refractivity contribution < 1.29 is 9.72 Å². The van der Waals surface area contributed by atoms with Crippen LogP contribution in [-0.4, -0.2) is 27.8 Å². The van der Waals surface area contributed by atoms with Crippen molar-refractivity contribution >= 4 is 17.3 Å². The van der Waals surface area contributed by atoms with Gasteiger partial charge in [0, 0.05) is 11.5 Å². The first-order valence-corrected chi connectivity index (χ1v) is 9.13. The van der Waals surface area contributed by atoms with E-state index >= 15 is 0 Å². The van der Waals surface area contributed by atoms with Crippen LogP contribution in [0.5, 0.6) is 0 Å². The molecule has 2 atom stereocenters. The summed E-state index contributed by atoms with van der Waals surface area (Å²) in [4.78, 5) is 29.8. The summed E-state index contributed by atoms with van der Waals surface area (Å²) in [6, 6.07) is 2.89. The van der Waals surface area contributed by atoms with Crippen molar-refractivity contribution in [3.8, 4) is 0 Å². The first-order valence-electron chi connectivity index (χ1n) is 9.13. The molecule has 5 rings (SSSR count). The van der Waals surface area contributed by atoms with Crippen LogP contribution in [0.4, 0.5) is 11.5 Å². The van der Waals surface area contributed by atoms with E-state index in [-0.39, 0.29) is 29.0 Å². The normalized spacial score (nSPS) is 28.2. The van der Waals surface area contributed by atoms with E-state index in [0.717, 1.165) is 19.3 Å². The third-order valence-electron chi connectivity index (χ3n) is 6.39. The largest absolute Gasteiger partial charge is 0.335 e. The standard InChI is InChI=1S/C20H19N3O3/c24-16-7-8-17-20(10-1-2-11-20)15-5-3-4-14(15)19(16)22(17)18-9-6-13(12-21-18)23(25)26/h3,5-9,12,17,19H,1-2,4,10-11H2/t17-,19-/m1/s1. The number of anilines is 1. The van der Waals surface area contributed by atoms with E-state index in [0.29, 0.717) is 5.82 Å². The zero-order chi connectivity index (χ0) is 17.9. The summed E-state index contributed by atoms with van der Waals surface area (Å²) in [5.41, 5.74) is 2.55. The van der Waals surface area contributed by atoms with Crippen LogP contribution in [0.3, 0.4) is 0 Å². The lowest BCUT2D eigenvalue weighted by atomic mass is 9.64. The van der Waals surface area contributed by atoms with Gasteiger partial charge < -0.3 is 4.90 Å². The van der Waals surface area contributed by atoms with Gasteiger partial charge in [-0.25, -0.2) is 4.98 Å². The zero-order valence-corrected chi connectivity index (χ0v) is 14.3. The Morgan fingerprint density at radius 2 is 2.04 bits per heavy atom. The molecule has 2 aliphatic carbocycles. The highest BCUT2D eigenvalue weighted by molar-refractivity contribution is 6.02. The summed E-state index contributed by atoms with van der Waals surface area (Å²) in [5, 5.41) is 11.0. The Labute approximate surface area is 151 Å². The van der Waals surface area contributed by atoms with Crippen LogP contribution in [0.25, 0.3) is 0 Å². The number of ketones is 1. The minimum Gasteiger partial charge on any atom is -0.335 e. The molecule has 3 heterocycles. The van der Waals surface area contributed by atoms with Gasteiger partial charge in [-0.15, -0.1) is 0 Å². The lowest BCUT2D eigenvalue weighted by molar-refractivity contribution is -0.385. The van der Waals surface area contributed by atoms with Crippen LogP contribution in [0.1, 0.15) is 32.1 Å². The molecule has 0 radical (unpaired) electrons. The lowest BCUT2D eigenvalue weighted by Crippen LogP contribution is -2.60. The van der Waals surface area contributed by atoms with Crippen molar-refractivity contribution in [1.29, 1.82) is 0 Å². The summed E-state index contributed by atoms with van der Waals surface area (Å²) in [6.07, 6.45) is 14.8. The number of hydrogen-bond donors (Lipinski definition) is 0. The Morgan fingerprint density at radius 3 is 2.73 bits per heavy atom. The van der Waals surface area contributed by atoms with E-state index in [1.165, 1.54) is 36.3 Å². The Bertz CT molecular complexity index is 891. The first kappa shape index (κ1) is 15.5. The van der Waals surface area contributed by atoms with Gasteiger partial charge in [-0.1, -0.05) is 31.1 Å². The van der Waals surface area contributed by atoms with Crippen molar-refractivity contribution in [2.45, 2.75) is 44.2 Å². The fraction of sp³-hybridized carbons (Fsp3) is 0.400. The van der Waals surface area contributed by atoms with Crippen LogP contribution < -0.4 is 4.90 Å². The molecule has 1 spiro atoms. The van der Waals surface area contributed by atoms with E-state index in [2.05, 4.69) is 22.0 Å². The second kappa shape index (κ2) is 5.37. The molecule has 1 fully saturated rings. The molecule has 1 aromatic heterocycles. The van der Waals surface area contributed by atoms with Crippen molar-refractivity contribution in [3.63, 3.8) is 0 Å². The van der Waals surface area contributed by atoms with E-state index in [1.54, 1.807) is 12.1 Å². The average molecular weight is 349 g/mol. The maximum absolute atomic E-state index is 12.8. The second-order valence-corrected chi connectivity index (χ2v) is 7.56. The topological polar surface area (TPSA) is 76.3 Å². The van der Waals surface area contributed by atoms with Gasteiger partial charge in [-0.3, -0.25) is 14.9 Å². The number of hydrogen-bond acceptors (Lipinski definition) is 5. The zero-order valence-electron chi connectivity index (χ0n) is 14.3. The summed E-state index contributed by atoms with van der Waals surface area (Å²) in [7, 11) is 0. The number of allylic oxidation sites excluding steroid dienone is 2. The van der Waals surface area contributed by atoms with Crippen LogP contribution in [0.2, 0.25) is 0 Å². The average Bonchev–Trinajstić information content (AvgIpc) is 3.31. The molecule has 1 saturated carbocycles. The summed E-state index contributed by atoms with van der Waals surface area (Å²) in [6.45, 7) is 0. The number of carbonyl (C=O) groups excluding carboxylic acids is 1. The van der Waals surface area contributed by atoms with Gasteiger partial charge in [0.1, 0.15) is 18.1 Å². The molecule has 26 heavy (non-hydrogen) atoms. The van der Waals surface area contributed by atoms with Crippen molar-refractivity contribution in [2.75, 3.05) is 4.90 Å². The quantitative estimate of drug-likeness (QED) is 0.603. The molecule has 6 heteroatoms. The number of fused-ring (bicyclic) bond motifs is 5. The highest BCUT2D eigenvalue weighted by Crippen LogP contribution is 2.57. The molecular formula is C20H19N3O3. The fourth-order valence-electron chi connectivity index (χ4n) is 5.37. The van der Waals surface area contributed by atoms with Crippen LogP contribution in [-0.2, 0) is 4.79 Å². The highest BCUT2D eigenvalue weighted by atomic mass is 16.6. The minimum atomic E-state index is -0.446. The summed E-state index contributed by atoms with van der Waals surface area (Å²) >= 11 is 0. The maximum Gasteiger partial charge on any atom is 0.287 e. The molecular weight excluding hydrogens is 330 g/mol. The molecule has 1 aromatic rings. The Balaban J connectivity index is 1.67. The molecule has 0 unspecified atom stereocenters. The predicted molar refractivity (Wildman–Crippen MR) is 96.8 cm³/mol. The van der Waals surface area contributed by atoms with Crippen LogP contribution in [0.15, 0.2) is 53.8 Å². The molecule has 0 saturated heterocycles. The monoisotopic (exact) mass is 349 g/mol. The van der Waals surface area contributed by atoms with Gasteiger partial charge in [0.2, 0.25) is 0 Å². The van der Waals surface area contributed by atoms with E-state index < -0.39 is 4.92 Å². The number of aromatic nitrogens is 1. The number of nitrogens with zero attached hydrogens (tertiary/aromatic N) is 3. The number of nitro groups is 1. The Hall–Kier alpha value is -2.76. The van der Waals surface area contributed by atoms with Crippen LogP contribution >= 0.6 is 0 Å². The third kappa shape index (κ3) is 1.92. The molecule has 4 aliphatic rings. The van der Waals surface area contributed by atoms with Crippen molar-refractivity contribution in [1.82, 2.24) is 4.98 Å². The lowest BCUT2D eigenvalue weighted by Gasteiger charge is -2.53. The maximum atomic E-state index is 12.8. The van der Waals surface area contributed by atoms with E-state index in [9.17, 15) is 14.9 Å². The smallest absolute Gasteiger partial charge is 0.287 e. The van der Waals surface area contributed by atoms with Gasteiger partial charge in [0.25, 0.3) is 5.69 Å². The summed E-state index contributed by atoms with van der Waals surface area (Å²) in [5.74, 6) is 0.721. The van der Waals surface area contributed by atoms with Gasteiger partial charge in [-0.05, 0) is 42.6 Å². The van der Waals surface area contributed by atoms with Gasteiger partial charge in [0.15, 0.2) is 5.78 Å². The number of carbonyl (C=O) groups is 1.